The number of hydrogen-bond acceptors (Lipinski definition) is 3. The van der Waals surface area contributed by atoms with E-state index in [-0.39, 0.29) is 0 Å². The van der Waals surface area contributed by atoms with Crippen molar-refractivity contribution < 1.29 is 5.11 Å². The Hall–Kier alpha value is -1.62. The Bertz CT molecular complexity index is 486. The van der Waals surface area contributed by atoms with Gasteiger partial charge in [0, 0.05) is 44.2 Å². The van der Waals surface area contributed by atoms with E-state index >= 15 is 0 Å². The summed E-state index contributed by atoms with van der Waals surface area (Å²) in [5.41, 5.74) is 1.85. The molecular formula is C11H16N4O. The van der Waals surface area contributed by atoms with Crippen LogP contribution in [0.4, 0.5) is 0 Å². The van der Waals surface area contributed by atoms with Crippen LogP contribution in [-0.2, 0) is 20.5 Å². The van der Waals surface area contributed by atoms with E-state index in [0.717, 1.165) is 17.1 Å². The molecule has 16 heavy (non-hydrogen) atoms. The summed E-state index contributed by atoms with van der Waals surface area (Å²) in [7, 11) is 3.79. The van der Waals surface area contributed by atoms with Crippen LogP contribution in [0.15, 0.2) is 18.6 Å². The number of aliphatic hydroxyl groups is 1. The third-order valence-corrected chi connectivity index (χ3v) is 2.93. The fourth-order valence-electron chi connectivity index (χ4n) is 1.72. The number of imidazole rings is 1. The van der Waals surface area contributed by atoms with Crippen molar-refractivity contribution in [3.63, 3.8) is 0 Å². The van der Waals surface area contributed by atoms with E-state index in [0.29, 0.717) is 6.42 Å². The number of rotatable bonds is 3. The lowest BCUT2D eigenvalue weighted by Gasteiger charge is -2.10. The Balaban J connectivity index is 2.18. The molecule has 5 nitrogen and oxygen atoms in total. The molecule has 0 bridgehead atoms. The molecule has 0 aliphatic rings. The van der Waals surface area contributed by atoms with Crippen LogP contribution in [0, 0.1) is 6.92 Å². The first-order valence-electron chi connectivity index (χ1n) is 5.22. The summed E-state index contributed by atoms with van der Waals surface area (Å²) in [6.07, 6.45) is 5.28. The minimum atomic E-state index is -0.546. The molecule has 0 aliphatic heterocycles. The summed E-state index contributed by atoms with van der Waals surface area (Å²) in [6.45, 7) is 1.95. The monoisotopic (exact) mass is 220 g/mol. The minimum Gasteiger partial charge on any atom is -0.388 e. The van der Waals surface area contributed by atoms with Gasteiger partial charge in [-0.2, -0.15) is 5.10 Å². The molecule has 86 valence electrons. The van der Waals surface area contributed by atoms with Crippen LogP contribution in [0.5, 0.6) is 0 Å². The summed E-state index contributed by atoms with van der Waals surface area (Å²) in [5, 5.41) is 14.2. The average Bonchev–Trinajstić information content (AvgIpc) is 2.77. The highest BCUT2D eigenvalue weighted by atomic mass is 16.3. The van der Waals surface area contributed by atoms with Gasteiger partial charge in [-0.3, -0.25) is 4.68 Å². The highest BCUT2D eigenvalue weighted by Crippen LogP contribution is 2.19. The lowest BCUT2D eigenvalue weighted by Crippen LogP contribution is -2.07. The molecule has 1 atom stereocenters. The summed E-state index contributed by atoms with van der Waals surface area (Å²) in [5.74, 6) is 0.871. The molecule has 0 saturated heterocycles. The summed E-state index contributed by atoms with van der Waals surface area (Å²) in [4.78, 5) is 4.19. The van der Waals surface area contributed by atoms with Crippen molar-refractivity contribution in [2.24, 2.45) is 14.1 Å². The van der Waals surface area contributed by atoms with Gasteiger partial charge in [0.25, 0.3) is 0 Å². The van der Waals surface area contributed by atoms with Crippen molar-refractivity contribution in [3.8, 4) is 0 Å². The normalized spacial score (nSPS) is 13.0. The van der Waals surface area contributed by atoms with Gasteiger partial charge < -0.3 is 9.67 Å². The molecule has 0 aromatic carbocycles. The van der Waals surface area contributed by atoms with Gasteiger partial charge in [0.1, 0.15) is 5.82 Å². The second-order valence-corrected chi connectivity index (χ2v) is 3.98. The molecule has 0 fully saturated rings. The number of hydrogen-bond donors (Lipinski definition) is 1. The second kappa shape index (κ2) is 4.09. The predicted molar refractivity (Wildman–Crippen MR) is 59.8 cm³/mol. The van der Waals surface area contributed by atoms with E-state index in [4.69, 9.17) is 0 Å². The van der Waals surface area contributed by atoms with Crippen molar-refractivity contribution >= 4 is 0 Å². The number of nitrogens with zero attached hydrogens (tertiary/aromatic N) is 4. The largest absolute Gasteiger partial charge is 0.388 e. The van der Waals surface area contributed by atoms with Gasteiger partial charge in [-0.1, -0.05) is 0 Å². The van der Waals surface area contributed by atoms with Crippen LogP contribution in [0.25, 0.3) is 0 Å². The van der Waals surface area contributed by atoms with Crippen molar-refractivity contribution in [3.05, 3.63) is 35.7 Å². The lowest BCUT2D eigenvalue weighted by molar-refractivity contribution is 0.174. The average molecular weight is 220 g/mol. The van der Waals surface area contributed by atoms with Gasteiger partial charge in [-0.25, -0.2) is 4.98 Å². The Morgan fingerprint density at radius 2 is 2.19 bits per heavy atom. The van der Waals surface area contributed by atoms with E-state index in [9.17, 15) is 5.11 Å². The van der Waals surface area contributed by atoms with Crippen LogP contribution < -0.4 is 0 Å². The molecule has 0 saturated carbocycles. The third kappa shape index (κ3) is 1.86. The van der Waals surface area contributed by atoms with Crippen molar-refractivity contribution in [2.45, 2.75) is 19.4 Å². The van der Waals surface area contributed by atoms with E-state index in [1.807, 2.05) is 31.8 Å². The Morgan fingerprint density at radius 3 is 2.69 bits per heavy atom. The van der Waals surface area contributed by atoms with Gasteiger partial charge in [-0.05, 0) is 6.92 Å². The Kier molecular flexibility index (Phi) is 2.78. The number of aliphatic hydroxyl groups excluding tert-OH is 1. The minimum absolute atomic E-state index is 0.510. The van der Waals surface area contributed by atoms with Crippen molar-refractivity contribution in [2.75, 3.05) is 0 Å². The zero-order chi connectivity index (χ0) is 11.7. The molecule has 1 unspecified atom stereocenters. The lowest BCUT2D eigenvalue weighted by atomic mass is 10.1. The molecule has 5 heteroatoms. The molecule has 0 radical (unpaired) electrons. The standard InChI is InChI=1S/C11H16N4O/c1-8-9(7-13-15(8)3)10(16)6-11-12-4-5-14(11)2/h4-5,7,10,16H,6H2,1-3H3. The van der Waals surface area contributed by atoms with E-state index in [1.54, 1.807) is 17.1 Å². The van der Waals surface area contributed by atoms with Crippen LogP contribution in [0.2, 0.25) is 0 Å². The molecule has 2 aromatic rings. The van der Waals surface area contributed by atoms with Gasteiger partial charge >= 0.3 is 0 Å². The summed E-state index contributed by atoms with van der Waals surface area (Å²) >= 11 is 0. The molecule has 2 aromatic heterocycles. The van der Waals surface area contributed by atoms with E-state index < -0.39 is 6.10 Å². The topological polar surface area (TPSA) is 55.9 Å². The van der Waals surface area contributed by atoms with Crippen molar-refractivity contribution in [1.82, 2.24) is 19.3 Å². The third-order valence-electron chi connectivity index (χ3n) is 2.93. The van der Waals surface area contributed by atoms with Crippen LogP contribution in [-0.4, -0.2) is 24.4 Å². The van der Waals surface area contributed by atoms with Gasteiger partial charge in [0.05, 0.1) is 12.3 Å². The maximum absolute atomic E-state index is 10.1. The fraction of sp³-hybridized carbons (Fsp3) is 0.455. The first-order valence-corrected chi connectivity index (χ1v) is 5.22. The maximum atomic E-state index is 10.1. The number of aryl methyl sites for hydroxylation is 2. The van der Waals surface area contributed by atoms with Gasteiger partial charge in [0.15, 0.2) is 0 Å². The fourth-order valence-corrected chi connectivity index (χ4v) is 1.72. The van der Waals surface area contributed by atoms with Gasteiger partial charge in [-0.15, -0.1) is 0 Å². The zero-order valence-electron chi connectivity index (χ0n) is 9.75. The maximum Gasteiger partial charge on any atom is 0.111 e. The zero-order valence-corrected chi connectivity index (χ0v) is 9.75. The van der Waals surface area contributed by atoms with Crippen LogP contribution in [0.1, 0.15) is 23.2 Å². The van der Waals surface area contributed by atoms with Gasteiger partial charge in [0.2, 0.25) is 0 Å². The molecule has 2 heterocycles. The first kappa shape index (κ1) is 10.9. The van der Waals surface area contributed by atoms with Crippen LogP contribution in [0.3, 0.4) is 0 Å². The molecule has 2 rings (SSSR count). The SMILES string of the molecule is Cc1c(C(O)Cc2nccn2C)cnn1C. The summed E-state index contributed by atoms with van der Waals surface area (Å²) in [6, 6.07) is 0. The highest BCUT2D eigenvalue weighted by Gasteiger charge is 2.16. The molecule has 0 spiro atoms. The summed E-state index contributed by atoms with van der Waals surface area (Å²) < 4.78 is 3.67. The van der Waals surface area contributed by atoms with E-state index in [2.05, 4.69) is 10.1 Å². The first-order chi connectivity index (χ1) is 7.59. The Labute approximate surface area is 94.4 Å². The molecule has 1 N–H and O–H groups in total. The van der Waals surface area contributed by atoms with Crippen molar-refractivity contribution in [1.29, 1.82) is 0 Å². The van der Waals surface area contributed by atoms with E-state index in [1.165, 1.54) is 0 Å². The predicted octanol–water partition coefficient (Wildman–Crippen LogP) is 0.738. The molecular weight excluding hydrogens is 204 g/mol. The Morgan fingerprint density at radius 1 is 1.44 bits per heavy atom. The number of aromatic nitrogens is 4. The highest BCUT2D eigenvalue weighted by molar-refractivity contribution is 5.20. The smallest absolute Gasteiger partial charge is 0.111 e. The van der Waals surface area contributed by atoms with Crippen LogP contribution >= 0.6 is 0 Å². The molecule has 0 aliphatic carbocycles. The quantitative estimate of drug-likeness (QED) is 0.830. The second-order valence-electron chi connectivity index (χ2n) is 3.98. The molecule has 0 amide bonds.